The Kier molecular flexibility index (Phi) is 12.9. The molecule has 0 saturated heterocycles. The number of benzene rings is 7. The molecular formula is C70H80N4OSi. The highest BCUT2D eigenvalue weighted by molar-refractivity contribution is 7.02. The minimum atomic E-state index is -2.10. The first-order valence-corrected chi connectivity index (χ1v) is 30.5. The molecule has 0 amide bonds. The number of rotatable bonds is 7. The molecule has 0 bridgehead atoms. The Morgan fingerprint density at radius 1 is 0.408 bits per heavy atom. The third kappa shape index (κ3) is 9.90. The first-order valence-electron chi connectivity index (χ1n) is 27.5. The van der Waals surface area contributed by atoms with Crippen molar-refractivity contribution in [3.8, 4) is 33.8 Å². The Hall–Kier alpha value is -6.89. The van der Waals surface area contributed by atoms with Crippen LogP contribution in [0.5, 0.6) is 11.5 Å². The number of aromatic nitrogens is 1. The lowest BCUT2D eigenvalue weighted by molar-refractivity contribution is 0.483. The van der Waals surface area contributed by atoms with Crippen molar-refractivity contribution in [2.75, 3.05) is 21.4 Å². The zero-order chi connectivity index (χ0) is 54.5. The molecule has 7 aromatic carbocycles. The summed E-state index contributed by atoms with van der Waals surface area (Å²) in [7, 11) is -2.10. The molecule has 0 radical (unpaired) electrons. The number of pyridine rings is 1. The number of hydrogen-bond acceptors (Lipinski definition) is 5. The third-order valence-corrected chi connectivity index (χ3v) is 19.5. The fourth-order valence-electron chi connectivity index (χ4n) is 11.1. The van der Waals surface area contributed by atoms with Crippen molar-refractivity contribution < 1.29 is 4.74 Å². The molecule has 2 aliphatic rings. The van der Waals surface area contributed by atoms with Gasteiger partial charge < -0.3 is 14.5 Å². The van der Waals surface area contributed by atoms with E-state index < -0.39 is 8.07 Å². The maximum Gasteiger partial charge on any atom is 0.137 e. The fraction of sp³-hybridized carbons (Fsp3) is 0.329. The summed E-state index contributed by atoms with van der Waals surface area (Å²) in [6.07, 6.45) is 1.96. The smallest absolute Gasteiger partial charge is 0.137 e. The van der Waals surface area contributed by atoms with E-state index in [4.69, 9.17) is 9.72 Å². The van der Waals surface area contributed by atoms with Crippen molar-refractivity contribution >= 4 is 58.4 Å². The molecule has 0 N–H and O–H groups in total. The van der Waals surface area contributed by atoms with Gasteiger partial charge in [-0.25, -0.2) is 4.98 Å². The summed E-state index contributed by atoms with van der Waals surface area (Å²) in [5, 5.41) is 2.77. The number of nitrogens with zero attached hydrogens (tertiary/aromatic N) is 4. The van der Waals surface area contributed by atoms with Gasteiger partial charge in [-0.3, -0.25) is 4.90 Å². The van der Waals surface area contributed by atoms with Gasteiger partial charge in [0.05, 0.1) is 22.7 Å². The van der Waals surface area contributed by atoms with E-state index >= 15 is 0 Å². The Morgan fingerprint density at radius 3 is 1.55 bits per heavy atom. The van der Waals surface area contributed by atoms with Crippen LogP contribution in [0.2, 0.25) is 13.1 Å². The number of para-hydroxylation sites is 3. The van der Waals surface area contributed by atoms with Gasteiger partial charge in [0.15, 0.2) is 0 Å². The number of hydrogen-bond donors (Lipinski definition) is 0. The van der Waals surface area contributed by atoms with E-state index in [1.165, 1.54) is 77.5 Å². The van der Waals surface area contributed by atoms with E-state index in [2.05, 4.69) is 289 Å². The molecule has 0 atom stereocenters. The fourth-order valence-corrected chi connectivity index (χ4v) is 14.1. The molecular weight excluding hydrogens is 941 g/mol. The lowest BCUT2D eigenvalue weighted by atomic mass is 9.77. The first-order chi connectivity index (χ1) is 35.6. The SMILES string of the molecule is CC(C)(C)c1cccc(-c2cc(C(C)(C)C)cc(-c3cc(C(C)(C)C)cc(C(C)(C)C)c3)c2N2CN(c3cccc(Oc4ccc5c(c4)N(c4cc(C(C)(C)C)ccn4)c4ccccc4[Si]5(C)C)c3)c3ccccc32)c1. The maximum absolute atomic E-state index is 7.01. The maximum atomic E-state index is 7.01. The van der Waals surface area contributed by atoms with Crippen LogP contribution in [0.4, 0.5) is 39.9 Å². The molecule has 6 heteroatoms. The summed E-state index contributed by atoms with van der Waals surface area (Å²) in [5.74, 6) is 2.49. The number of ether oxygens (including phenoxy) is 1. The van der Waals surface area contributed by atoms with Gasteiger partial charge in [0.1, 0.15) is 32.1 Å². The Balaban J connectivity index is 1.10. The van der Waals surface area contributed by atoms with Crippen molar-refractivity contribution in [3.05, 3.63) is 192 Å². The molecule has 0 unspecified atom stereocenters. The van der Waals surface area contributed by atoms with E-state index in [0.29, 0.717) is 6.67 Å². The van der Waals surface area contributed by atoms with Crippen molar-refractivity contribution in [1.29, 1.82) is 0 Å². The summed E-state index contributed by atoms with van der Waals surface area (Å²) in [6, 6.07) is 59.2. The normalized spacial score (nSPS) is 14.6. The molecule has 0 spiro atoms. The lowest BCUT2D eigenvalue weighted by Crippen LogP contribution is -2.58. The molecule has 0 saturated carbocycles. The minimum Gasteiger partial charge on any atom is -0.457 e. The van der Waals surface area contributed by atoms with E-state index in [0.717, 1.165) is 34.4 Å². The molecule has 2 aliphatic heterocycles. The van der Waals surface area contributed by atoms with Crippen LogP contribution in [-0.2, 0) is 27.1 Å². The molecule has 10 rings (SSSR count). The summed E-state index contributed by atoms with van der Waals surface area (Å²) in [4.78, 5) is 12.4. The zero-order valence-corrected chi connectivity index (χ0v) is 49.5. The monoisotopic (exact) mass is 1020 g/mol. The second kappa shape index (κ2) is 18.7. The van der Waals surface area contributed by atoms with Gasteiger partial charge in [0.25, 0.3) is 0 Å². The largest absolute Gasteiger partial charge is 0.457 e. The molecule has 0 fully saturated rings. The van der Waals surface area contributed by atoms with E-state index in [1.807, 2.05) is 6.20 Å². The van der Waals surface area contributed by atoms with Gasteiger partial charge in [-0.05, 0) is 137 Å². The molecule has 0 aliphatic carbocycles. The minimum absolute atomic E-state index is 0.0229. The van der Waals surface area contributed by atoms with Crippen LogP contribution < -0.4 is 29.8 Å². The highest BCUT2D eigenvalue weighted by Crippen LogP contribution is 2.53. The van der Waals surface area contributed by atoms with Gasteiger partial charge in [0.2, 0.25) is 0 Å². The van der Waals surface area contributed by atoms with Crippen LogP contribution in [0.1, 0.15) is 132 Å². The van der Waals surface area contributed by atoms with Crippen molar-refractivity contribution in [2.45, 2.75) is 144 Å². The summed E-state index contributed by atoms with van der Waals surface area (Å²) in [6.45, 7) is 40.3. The van der Waals surface area contributed by atoms with Gasteiger partial charge in [-0.15, -0.1) is 0 Å². The second-order valence-electron chi connectivity index (χ2n) is 27.2. The molecule has 8 aromatic rings. The number of anilines is 7. The quantitative estimate of drug-likeness (QED) is 0.149. The average molecular weight is 1020 g/mol. The van der Waals surface area contributed by atoms with E-state index in [9.17, 15) is 0 Å². The number of fused-ring (bicyclic) bond motifs is 3. The standard InChI is InChI=1S/C70H80N4OSi/c1-66(2,3)48-25-22-24-46(36-48)56-40-52(70(13,14)15)41-57(47-37-50(68(7,8)9)39-51(38-47)69(10,11)12)65(56)73-45-72(58-28-18-19-29-59(58)73)53-26-23-27-54(43-53)75-55-32-33-63-61(44-55)74(60-30-20-21-31-62(60)76(63,16)17)64-42-49(34-35-71-64)67(4,5)6/h18-44H,45H2,1-17H3. The average Bonchev–Trinajstić information content (AvgIpc) is 3.76. The molecule has 76 heavy (non-hydrogen) atoms. The van der Waals surface area contributed by atoms with E-state index in [1.54, 1.807) is 0 Å². The lowest BCUT2D eigenvalue weighted by Gasteiger charge is -2.40. The van der Waals surface area contributed by atoms with Crippen LogP contribution in [0, 0.1) is 0 Å². The Labute approximate surface area is 456 Å². The van der Waals surface area contributed by atoms with Gasteiger partial charge in [-0.2, -0.15) is 0 Å². The van der Waals surface area contributed by atoms with Gasteiger partial charge in [-0.1, -0.05) is 202 Å². The predicted octanol–water partition coefficient (Wildman–Crippen LogP) is 18.5. The zero-order valence-electron chi connectivity index (χ0n) is 48.5. The van der Waals surface area contributed by atoms with Crippen molar-refractivity contribution in [1.82, 2.24) is 4.98 Å². The molecule has 1 aromatic heterocycles. The summed E-state index contributed by atoms with van der Waals surface area (Å²) in [5.41, 5.74) is 18.1. The second-order valence-corrected chi connectivity index (χ2v) is 31.5. The molecule has 390 valence electrons. The van der Waals surface area contributed by atoms with Gasteiger partial charge in [0, 0.05) is 40.8 Å². The Morgan fingerprint density at radius 2 is 0.921 bits per heavy atom. The summed E-state index contributed by atoms with van der Waals surface area (Å²) < 4.78 is 7.01. The van der Waals surface area contributed by atoms with Crippen LogP contribution in [-0.4, -0.2) is 19.7 Å². The topological polar surface area (TPSA) is 31.8 Å². The third-order valence-electron chi connectivity index (χ3n) is 15.9. The predicted molar refractivity (Wildman–Crippen MR) is 329 cm³/mol. The first kappa shape index (κ1) is 52.5. The summed E-state index contributed by atoms with van der Waals surface area (Å²) >= 11 is 0. The van der Waals surface area contributed by atoms with Crippen molar-refractivity contribution in [3.63, 3.8) is 0 Å². The van der Waals surface area contributed by atoms with Crippen molar-refractivity contribution in [2.24, 2.45) is 0 Å². The van der Waals surface area contributed by atoms with Gasteiger partial charge >= 0.3 is 0 Å². The van der Waals surface area contributed by atoms with Crippen LogP contribution in [0.3, 0.4) is 0 Å². The highest BCUT2D eigenvalue weighted by atomic mass is 28.3. The van der Waals surface area contributed by atoms with Crippen LogP contribution in [0.15, 0.2) is 164 Å². The highest BCUT2D eigenvalue weighted by Gasteiger charge is 2.40. The van der Waals surface area contributed by atoms with E-state index in [-0.39, 0.29) is 27.1 Å². The van der Waals surface area contributed by atoms with Crippen LogP contribution >= 0.6 is 0 Å². The van der Waals surface area contributed by atoms with Crippen LogP contribution in [0.25, 0.3) is 22.3 Å². The molecule has 3 heterocycles. The Bertz CT molecular complexity index is 3480. The molecule has 5 nitrogen and oxygen atoms in total.